The van der Waals surface area contributed by atoms with Crippen molar-refractivity contribution in [3.8, 4) is 0 Å². The molecule has 0 N–H and O–H groups in total. The highest BCUT2D eigenvalue weighted by atomic mass is 79.9. The molecule has 2 rings (SSSR count). The highest BCUT2D eigenvalue weighted by Gasteiger charge is 2.29. The number of rotatable bonds is 5. The van der Waals surface area contributed by atoms with Crippen LogP contribution in [0.1, 0.15) is 19.4 Å². The minimum atomic E-state index is -3.59. The summed E-state index contributed by atoms with van der Waals surface area (Å²) in [4.78, 5) is 4.02. The molecule has 0 aliphatic carbocycles. The highest BCUT2D eigenvalue weighted by Crippen LogP contribution is 2.36. The zero-order chi connectivity index (χ0) is 15.6. The van der Waals surface area contributed by atoms with Crippen LogP contribution in [0.25, 0.3) is 0 Å². The Hall–Kier alpha value is -0.470. The molecule has 0 amide bonds. The van der Waals surface area contributed by atoms with E-state index in [2.05, 4.69) is 20.9 Å². The van der Waals surface area contributed by atoms with Gasteiger partial charge in [-0.3, -0.25) is 4.98 Å². The van der Waals surface area contributed by atoms with Gasteiger partial charge in [-0.05, 0) is 47.5 Å². The highest BCUT2D eigenvalue weighted by molar-refractivity contribution is 9.11. The topological polar surface area (TPSA) is 50.3 Å². The second kappa shape index (κ2) is 6.75. The normalized spacial score (nSPS) is 12.3. The van der Waals surface area contributed by atoms with Gasteiger partial charge < -0.3 is 0 Å². The van der Waals surface area contributed by atoms with Crippen LogP contribution in [0.3, 0.4) is 0 Å². The molecule has 0 aliphatic rings. The van der Waals surface area contributed by atoms with E-state index in [-0.39, 0.29) is 16.8 Å². The molecule has 21 heavy (non-hydrogen) atoms. The Kier molecular flexibility index (Phi) is 5.43. The number of sulfonamides is 1. The summed E-state index contributed by atoms with van der Waals surface area (Å²) in [5, 5.41) is 0.406. The minimum Gasteiger partial charge on any atom is -0.264 e. The van der Waals surface area contributed by atoms with Crippen molar-refractivity contribution in [2.45, 2.75) is 30.6 Å². The van der Waals surface area contributed by atoms with Crippen LogP contribution in [0.5, 0.6) is 0 Å². The molecule has 2 aromatic heterocycles. The number of aromatic nitrogens is 1. The zero-order valence-electron chi connectivity index (χ0n) is 11.5. The molecule has 0 spiro atoms. The molecule has 0 bridgehead atoms. The fourth-order valence-corrected chi connectivity index (χ4v) is 5.94. The second-order valence-electron chi connectivity index (χ2n) is 4.69. The van der Waals surface area contributed by atoms with Crippen LogP contribution in [0.4, 0.5) is 0 Å². The third-order valence-electron chi connectivity index (χ3n) is 2.82. The number of pyridine rings is 1. The van der Waals surface area contributed by atoms with Crippen LogP contribution in [0.15, 0.2) is 38.6 Å². The van der Waals surface area contributed by atoms with E-state index in [0.29, 0.717) is 8.81 Å². The monoisotopic (exact) mass is 408 g/mol. The van der Waals surface area contributed by atoms with Crippen LogP contribution >= 0.6 is 38.9 Å². The smallest absolute Gasteiger partial charge is 0.253 e. The Balaban J connectivity index is 2.37. The summed E-state index contributed by atoms with van der Waals surface area (Å²) < 4.78 is 27.9. The van der Waals surface area contributed by atoms with E-state index < -0.39 is 10.0 Å². The first-order chi connectivity index (χ1) is 9.82. The maximum absolute atomic E-state index is 12.8. The van der Waals surface area contributed by atoms with Crippen molar-refractivity contribution >= 4 is 48.9 Å². The zero-order valence-corrected chi connectivity index (χ0v) is 15.4. The third kappa shape index (κ3) is 3.84. The molecule has 114 valence electrons. The van der Waals surface area contributed by atoms with Crippen LogP contribution in [0.2, 0.25) is 5.02 Å². The molecular formula is C13H14BrClN2O2S2. The maximum atomic E-state index is 12.8. The Morgan fingerprint density at radius 3 is 2.67 bits per heavy atom. The van der Waals surface area contributed by atoms with E-state index >= 15 is 0 Å². The lowest BCUT2D eigenvalue weighted by Gasteiger charge is -2.25. The minimum absolute atomic E-state index is 0.171. The van der Waals surface area contributed by atoms with Gasteiger partial charge in [0.15, 0.2) is 0 Å². The van der Waals surface area contributed by atoms with E-state index in [9.17, 15) is 8.42 Å². The Morgan fingerprint density at radius 1 is 1.48 bits per heavy atom. The van der Waals surface area contributed by atoms with Gasteiger partial charge >= 0.3 is 0 Å². The third-order valence-corrected chi connectivity index (χ3v) is 7.77. The van der Waals surface area contributed by atoms with Crippen molar-refractivity contribution in [1.82, 2.24) is 9.29 Å². The first-order valence-corrected chi connectivity index (χ1v) is 9.60. The summed E-state index contributed by atoms with van der Waals surface area (Å²) in [6.07, 6.45) is 3.33. The molecule has 0 aliphatic heterocycles. The average molecular weight is 410 g/mol. The largest absolute Gasteiger partial charge is 0.264 e. The molecule has 0 saturated heterocycles. The van der Waals surface area contributed by atoms with E-state index in [1.54, 1.807) is 18.5 Å². The molecule has 2 heterocycles. The number of hydrogen-bond acceptors (Lipinski definition) is 4. The van der Waals surface area contributed by atoms with E-state index in [4.69, 9.17) is 11.6 Å². The van der Waals surface area contributed by atoms with Crippen molar-refractivity contribution in [3.05, 3.63) is 45.0 Å². The van der Waals surface area contributed by atoms with Crippen molar-refractivity contribution in [3.63, 3.8) is 0 Å². The number of nitrogens with zero attached hydrogens (tertiary/aromatic N) is 2. The van der Waals surface area contributed by atoms with Gasteiger partial charge in [0.05, 0.1) is 8.81 Å². The van der Waals surface area contributed by atoms with Gasteiger partial charge in [0, 0.05) is 25.0 Å². The fraction of sp³-hybridized carbons (Fsp3) is 0.308. The van der Waals surface area contributed by atoms with Crippen molar-refractivity contribution in [2.24, 2.45) is 0 Å². The SMILES string of the molecule is CC(C)N(Cc1cccnc1)S(=O)(=O)c1cc(Cl)c(Br)s1. The van der Waals surface area contributed by atoms with Crippen LogP contribution in [0, 0.1) is 0 Å². The lowest BCUT2D eigenvalue weighted by atomic mass is 10.2. The van der Waals surface area contributed by atoms with E-state index in [1.165, 1.54) is 10.4 Å². The van der Waals surface area contributed by atoms with Gasteiger partial charge in [-0.25, -0.2) is 8.42 Å². The molecule has 0 radical (unpaired) electrons. The quantitative estimate of drug-likeness (QED) is 0.745. The summed E-state index contributed by atoms with van der Waals surface area (Å²) in [5.74, 6) is 0. The van der Waals surface area contributed by atoms with E-state index in [0.717, 1.165) is 16.9 Å². The van der Waals surface area contributed by atoms with Crippen molar-refractivity contribution in [2.75, 3.05) is 0 Å². The number of thiophene rings is 1. The molecule has 8 heteroatoms. The number of hydrogen-bond donors (Lipinski definition) is 0. The van der Waals surface area contributed by atoms with Gasteiger partial charge in [-0.1, -0.05) is 17.7 Å². The predicted molar refractivity (Wildman–Crippen MR) is 89.1 cm³/mol. The molecule has 0 saturated carbocycles. The standard InChI is InChI=1S/C13H14BrClN2O2S2/c1-9(2)17(8-10-4-3-5-16-7-10)21(18,19)12-6-11(15)13(14)20-12/h3-7,9H,8H2,1-2H3. The summed E-state index contributed by atoms with van der Waals surface area (Å²) in [6, 6.07) is 4.95. The predicted octanol–water partition coefficient (Wildman–Crippen LogP) is 4.16. The van der Waals surface area contributed by atoms with Gasteiger partial charge in [0.2, 0.25) is 0 Å². The van der Waals surface area contributed by atoms with Crippen LogP contribution in [-0.4, -0.2) is 23.7 Å². The lowest BCUT2D eigenvalue weighted by Crippen LogP contribution is -2.36. The van der Waals surface area contributed by atoms with Crippen LogP contribution < -0.4 is 0 Å². The van der Waals surface area contributed by atoms with Crippen LogP contribution in [-0.2, 0) is 16.6 Å². The first-order valence-electron chi connectivity index (χ1n) is 6.18. The Morgan fingerprint density at radius 2 is 2.19 bits per heavy atom. The molecule has 4 nitrogen and oxygen atoms in total. The summed E-state index contributed by atoms with van der Waals surface area (Å²) in [6.45, 7) is 3.97. The summed E-state index contributed by atoms with van der Waals surface area (Å²) >= 11 is 10.3. The Bertz CT molecular complexity index is 698. The van der Waals surface area contributed by atoms with Gasteiger partial charge in [-0.2, -0.15) is 4.31 Å². The fourth-order valence-electron chi connectivity index (χ4n) is 1.79. The van der Waals surface area contributed by atoms with Gasteiger partial charge in [0.25, 0.3) is 10.0 Å². The molecule has 0 unspecified atom stereocenters. The molecular weight excluding hydrogens is 396 g/mol. The summed E-state index contributed by atoms with van der Waals surface area (Å²) in [7, 11) is -3.59. The molecule has 0 aromatic carbocycles. The Labute approximate surface area is 141 Å². The maximum Gasteiger partial charge on any atom is 0.253 e. The number of halogens is 2. The van der Waals surface area contributed by atoms with Gasteiger partial charge in [0.1, 0.15) is 4.21 Å². The first kappa shape index (κ1) is 16.9. The van der Waals surface area contributed by atoms with Gasteiger partial charge in [-0.15, -0.1) is 11.3 Å². The lowest BCUT2D eigenvalue weighted by molar-refractivity contribution is 0.348. The molecule has 0 atom stereocenters. The molecule has 2 aromatic rings. The van der Waals surface area contributed by atoms with Crippen molar-refractivity contribution in [1.29, 1.82) is 0 Å². The van der Waals surface area contributed by atoms with Crippen molar-refractivity contribution < 1.29 is 8.42 Å². The average Bonchev–Trinajstić information content (AvgIpc) is 2.77. The molecule has 0 fully saturated rings. The summed E-state index contributed by atoms with van der Waals surface area (Å²) in [5.41, 5.74) is 0.844. The second-order valence-corrected chi connectivity index (χ2v) is 9.59. The van der Waals surface area contributed by atoms with E-state index in [1.807, 2.05) is 19.9 Å².